The number of amides is 1. The van der Waals surface area contributed by atoms with Crippen LogP contribution in [0.4, 0.5) is 0 Å². The van der Waals surface area contributed by atoms with Gasteiger partial charge >= 0.3 is 5.97 Å². The van der Waals surface area contributed by atoms with Crippen molar-refractivity contribution in [3.05, 3.63) is 53.6 Å². The standard InChI is InChI=1S/C21H24ClNO4/c1-14(20(25)23-21(2,3)4)27-19(24)13-26-18-11-10-16(12-17(18)22)15-8-6-5-7-9-15/h5-12,14H,13H2,1-4H3,(H,23,25)/t14-/m0/s1. The number of ether oxygens (including phenoxy) is 2. The SMILES string of the molecule is C[C@H](OC(=O)COc1ccc(-c2ccccc2)cc1Cl)C(=O)NC(C)(C)C. The Bertz CT molecular complexity index is 800. The van der Waals surface area contributed by atoms with Crippen molar-refractivity contribution >= 4 is 23.5 Å². The van der Waals surface area contributed by atoms with E-state index in [0.29, 0.717) is 10.8 Å². The predicted molar refractivity (Wildman–Crippen MR) is 106 cm³/mol. The number of benzene rings is 2. The second-order valence-corrected chi connectivity index (χ2v) is 7.58. The van der Waals surface area contributed by atoms with Crippen molar-refractivity contribution in [1.82, 2.24) is 5.32 Å². The third kappa shape index (κ3) is 6.61. The highest BCUT2D eigenvalue weighted by Gasteiger charge is 2.22. The number of carbonyl (C=O) groups is 2. The molecule has 0 aromatic heterocycles. The van der Waals surface area contributed by atoms with Crippen molar-refractivity contribution in [1.29, 1.82) is 0 Å². The molecule has 0 saturated carbocycles. The molecule has 0 unspecified atom stereocenters. The minimum absolute atomic E-state index is 0.336. The lowest BCUT2D eigenvalue weighted by atomic mass is 10.1. The van der Waals surface area contributed by atoms with Gasteiger partial charge in [0.1, 0.15) is 5.75 Å². The third-order valence-electron chi connectivity index (χ3n) is 3.56. The number of halogens is 1. The summed E-state index contributed by atoms with van der Waals surface area (Å²) < 4.78 is 10.5. The fourth-order valence-electron chi connectivity index (χ4n) is 2.32. The molecule has 1 atom stereocenters. The van der Waals surface area contributed by atoms with Crippen LogP contribution in [0.2, 0.25) is 5.02 Å². The molecule has 2 rings (SSSR count). The molecule has 6 heteroatoms. The van der Waals surface area contributed by atoms with Crippen LogP contribution in [-0.2, 0) is 14.3 Å². The first kappa shape index (κ1) is 20.8. The Labute approximate surface area is 164 Å². The fraction of sp³-hybridized carbons (Fsp3) is 0.333. The van der Waals surface area contributed by atoms with E-state index in [2.05, 4.69) is 5.32 Å². The molecule has 1 amide bonds. The summed E-state index contributed by atoms with van der Waals surface area (Å²) in [6.45, 7) is 6.73. The van der Waals surface area contributed by atoms with Gasteiger partial charge in [-0.2, -0.15) is 0 Å². The topological polar surface area (TPSA) is 64.6 Å². The fourth-order valence-corrected chi connectivity index (χ4v) is 2.56. The van der Waals surface area contributed by atoms with E-state index in [-0.39, 0.29) is 12.5 Å². The van der Waals surface area contributed by atoms with Crippen LogP contribution in [0, 0.1) is 0 Å². The maximum atomic E-state index is 11.9. The summed E-state index contributed by atoms with van der Waals surface area (Å²) in [6, 6.07) is 15.1. The van der Waals surface area contributed by atoms with Gasteiger partial charge in [0.15, 0.2) is 12.7 Å². The molecular weight excluding hydrogens is 366 g/mol. The Balaban J connectivity index is 1.91. The summed E-state index contributed by atoms with van der Waals surface area (Å²) in [5.41, 5.74) is 1.58. The molecule has 5 nitrogen and oxygen atoms in total. The van der Waals surface area contributed by atoms with Gasteiger partial charge in [-0.1, -0.05) is 48.0 Å². The Morgan fingerprint density at radius 3 is 2.33 bits per heavy atom. The first-order valence-corrected chi connectivity index (χ1v) is 9.03. The molecule has 0 aliphatic rings. The quantitative estimate of drug-likeness (QED) is 0.751. The van der Waals surface area contributed by atoms with Crippen LogP contribution in [0.15, 0.2) is 48.5 Å². The van der Waals surface area contributed by atoms with E-state index in [4.69, 9.17) is 21.1 Å². The molecule has 0 radical (unpaired) electrons. The van der Waals surface area contributed by atoms with Crippen LogP contribution < -0.4 is 10.1 Å². The summed E-state index contributed by atoms with van der Waals surface area (Å²) in [5, 5.41) is 3.14. The summed E-state index contributed by atoms with van der Waals surface area (Å²) in [7, 11) is 0. The molecule has 0 spiro atoms. The highest BCUT2D eigenvalue weighted by molar-refractivity contribution is 6.32. The molecule has 1 N–H and O–H groups in total. The van der Waals surface area contributed by atoms with Crippen LogP contribution in [0.3, 0.4) is 0 Å². The van der Waals surface area contributed by atoms with E-state index in [1.165, 1.54) is 6.92 Å². The lowest BCUT2D eigenvalue weighted by molar-refractivity contribution is -0.157. The monoisotopic (exact) mass is 389 g/mol. The van der Waals surface area contributed by atoms with E-state index in [1.54, 1.807) is 12.1 Å². The van der Waals surface area contributed by atoms with Crippen molar-refractivity contribution < 1.29 is 19.1 Å². The maximum Gasteiger partial charge on any atom is 0.344 e. The van der Waals surface area contributed by atoms with Crippen LogP contribution in [0.5, 0.6) is 5.75 Å². The van der Waals surface area contributed by atoms with Crippen molar-refractivity contribution in [2.45, 2.75) is 39.3 Å². The molecule has 0 saturated heterocycles. The molecule has 0 heterocycles. The van der Waals surface area contributed by atoms with E-state index in [9.17, 15) is 9.59 Å². The van der Waals surface area contributed by atoms with Gasteiger partial charge in [-0.15, -0.1) is 0 Å². The lowest BCUT2D eigenvalue weighted by Gasteiger charge is -2.23. The maximum absolute atomic E-state index is 11.9. The molecule has 27 heavy (non-hydrogen) atoms. The number of nitrogens with one attached hydrogen (secondary N) is 1. The molecule has 2 aromatic rings. The number of carbonyl (C=O) groups excluding carboxylic acids is 2. The number of rotatable bonds is 6. The van der Waals surface area contributed by atoms with Crippen molar-refractivity contribution in [3.63, 3.8) is 0 Å². The van der Waals surface area contributed by atoms with Gasteiger partial charge in [0.2, 0.25) is 0 Å². The molecule has 0 aliphatic carbocycles. The van der Waals surface area contributed by atoms with Crippen molar-refractivity contribution in [2.75, 3.05) is 6.61 Å². The van der Waals surface area contributed by atoms with E-state index in [1.807, 2.05) is 57.2 Å². The van der Waals surface area contributed by atoms with Crippen molar-refractivity contribution in [3.8, 4) is 16.9 Å². The zero-order chi connectivity index (χ0) is 20.0. The summed E-state index contributed by atoms with van der Waals surface area (Å²) in [4.78, 5) is 23.9. The Morgan fingerprint density at radius 2 is 1.74 bits per heavy atom. The highest BCUT2D eigenvalue weighted by Crippen LogP contribution is 2.30. The van der Waals surface area contributed by atoms with Crippen LogP contribution in [-0.4, -0.2) is 30.1 Å². The second-order valence-electron chi connectivity index (χ2n) is 7.17. The van der Waals surface area contributed by atoms with E-state index < -0.39 is 17.6 Å². The average Bonchev–Trinajstić information content (AvgIpc) is 2.60. The molecule has 144 valence electrons. The molecule has 0 bridgehead atoms. The van der Waals surface area contributed by atoms with Gasteiger partial charge < -0.3 is 14.8 Å². The van der Waals surface area contributed by atoms with Gasteiger partial charge in [0.25, 0.3) is 5.91 Å². The molecule has 0 fully saturated rings. The van der Waals surface area contributed by atoms with Crippen LogP contribution in [0.25, 0.3) is 11.1 Å². The normalized spacial score (nSPS) is 12.2. The van der Waals surface area contributed by atoms with Crippen LogP contribution >= 0.6 is 11.6 Å². The molecule has 2 aromatic carbocycles. The summed E-state index contributed by atoms with van der Waals surface area (Å²) in [6.07, 6.45) is -0.906. The van der Waals surface area contributed by atoms with E-state index >= 15 is 0 Å². The third-order valence-corrected chi connectivity index (χ3v) is 3.86. The Kier molecular flexibility index (Phi) is 6.86. The Morgan fingerprint density at radius 1 is 1.07 bits per heavy atom. The zero-order valence-electron chi connectivity index (χ0n) is 15.9. The minimum Gasteiger partial charge on any atom is -0.480 e. The van der Waals surface area contributed by atoms with Crippen LogP contribution in [0.1, 0.15) is 27.7 Å². The van der Waals surface area contributed by atoms with E-state index in [0.717, 1.165) is 11.1 Å². The Hall–Kier alpha value is -2.53. The van der Waals surface area contributed by atoms with Gasteiger partial charge in [-0.25, -0.2) is 4.79 Å². The first-order chi connectivity index (χ1) is 12.7. The smallest absolute Gasteiger partial charge is 0.344 e. The van der Waals surface area contributed by atoms with Gasteiger partial charge in [-0.05, 0) is 51.0 Å². The second kappa shape index (κ2) is 8.91. The number of hydrogen-bond donors (Lipinski definition) is 1. The summed E-state index contributed by atoms with van der Waals surface area (Å²) >= 11 is 6.25. The lowest BCUT2D eigenvalue weighted by Crippen LogP contribution is -2.46. The molecule has 0 aliphatic heterocycles. The first-order valence-electron chi connectivity index (χ1n) is 8.65. The zero-order valence-corrected chi connectivity index (χ0v) is 16.7. The molecular formula is C21H24ClNO4. The largest absolute Gasteiger partial charge is 0.480 e. The highest BCUT2D eigenvalue weighted by atomic mass is 35.5. The number of hydrogen-bond acceptors (Lipinski definition) is 4. The van der Waals surface area contributed by atoms with Crippen molar-refractivity contribution in [2.24, 2.45) is 0 Å². The minimum atomic E-state index is -0.906. The average molecular weight is 390 g/mol. The number of esters is 1. The van der Waals surface area contributed by atoms with Gasteiger partial charge in [-0.3, -0.25) is 4.79 Å². The van der Waals surface area contributed by atoms with Gasteiger partial charge in [0, 0.05) is 5.54 Å². The summed E-state index contributed by atoms with van der Waals surface area (Å²) in [5.74, 6) is -0.629. The van der Waals surface area contributed by atoms with Gasteiger partial charge in [0.05, 0.1) is 5.02 Å². The predicted octanol–water partition coefficient (Wildman–Crippen LogP) is 4.23.